The Morgan fingerprint density at radius 2 is 1.67 bits per heavy atom. The van der Waals surface area contributed by atoms with Gasteiger partial charge in [-0.1, -0.05) is 0 Å². The van der Waals surface area contributed by atoms with Crippen LogP contribution in [0.2, 0.25) is 0 Å². The second-order valence-corrected chi connectivity index (χ2v) is 8.03. The van der Waals surface area contributed by atoms with Gasteiger partial charge in [0.05, 0.1) is 6.26 Å². The van der Waals surface area contributed by atoms with Crippen LogP contribution >= 0.6 is 0 Å². The molecule has 1 aromatic heterocycles. The summed E-state index contributed by atoms with van der Waals surface area (Å²) in [5.41, 5.74) is 1.61. The first kappa shape index (κ1) is 16.7. The molecule has 1 N–H and O–H groups in total. The number of benzene rings is 1. The standard InChI is InChI=1S/C17H21N3O3S/c1-24(22,23)20-12-8-15(9-13-20)18-17(21)14-4-6-16(7-5-14)19-10-2-3-11-19/h2-7,10-11,15H,8-9,12-13H2,1H3,(H,18,21). The lowest BCUT2D eigenvalue weighted by molar-refractivity contribution is 0.0924. The fraction of sp³-hybridized carbons (Fsp3) is 0.353. The molecule has 3 rings (SSSR count). The molecule has 128 valence electrons. The van der Waals surface area contributed by atoms with E-state index in [9.17, 15) is 13.2 Å². The molecular weight excluding hydrogens is 326 g/mol. The van der Waals surface area contributed by atoms with Crippen molar-refractivity contribution in [2.45, 2.75) is 18.9 Å². The van der Waals surface area contributed by atoms with Gasteiger partial charge in [0.1, 0.15) is 0 Å². The van der Waals surface area contributed by atoms with Crippen LogP contribution < -0.4 is 5.32 Å². The monoisotopic (exact) mass is 347 g/mol. The number of piperidine rings is 1. The summed E-state index contributed by atoms with van der Waals surface area (Å²) in [7, 11) is -3.14. The van der Waals surface area contributed by atoms with Gasteiger partial charge in [0.15, 0.2) is 0 Å². The van der Waals surface area contributed by atoms with Crippen LogP contribution in [0.25, 0.3) is 5.69 Å². The molecule has 1 saturated heterocycles. The SMILES string of the molecule is CS(=O)(=O)N1CCC(NC(=O)c2ccc(-n3cccc3)cc2)CC1. The lowest BCUT2D eigenvalue weighted by atomic mass is 10.1. The smallest absolute Gasteiger partial charge is 0.251 e. The minimum Gasteiger partial charge on any atom is -0.349 e. The molecule has 0 unspecified atom stereocenters. The molecule has 0 saturated carbocycles. The first-order chi connectivity index (χ1) is 11.4. The van der Waals surface area contributed by atoms with Gasteiger partial charge in [-0.15, -0.1) is 0 Å². The molecule has 2 heterocycles. The van der Waals surface area contributed by atoms with E-state index < -0.39 is 10.0 Å². The molecule has 1 amide bonds. The van der Waals surface area contributed by atoms with E-state index in [0.29, 0.717) is 31.5 Å². The first-order valence-electron chi connectivity index (χ1n) is 7.93. The first-order valence-corrected chi connectivity index (χ1v) is 9.78. The van der Waals surface area contributed by atoms with Gasteiger partial charge in [-0.2, -0.15) is 0 Å². The van der Waals surface area contributed by atoms with Gasteiger partial charge in [-0.25, -0.2) is 12.7 Å². The quantitative estimate of drug-likeness (QED) is 0.914. The lowest BCUT2D eigenvalue weighted by Crippen LogP contribution is -2.46. The Kier molecular flexibility index (Phi) is 4.73. The minimum atomic E-state index is -3.14. The average molecular weight is 347 g/mol. The molecule has 0 atom stereocenters. The summed E-state index contributed by atoms with van der Waals surface area (Å²) in [6.45, 7) is 0.909. The third-order valence-electron chi connectivity index (χ3n) is 4.29. The summed E-state index contributed by atoms with van der Waals surface area (Å²) < 4.78 is 26.4. The highest BCUT2D eigenvalue weighted by molar-refractivity contribution is 7.88. The van der Waals surface area contributed by atoms with Crippen molar-refractivity contribution in [2.75, 3.05) is 19.3 Å². The highest BCUT2D eigenvalue weighted by Gasteiger charge is 2.25. The van der Waals surface area contributed by atoms with Crippen LogP contribution in [-0.4, -0.2) is 48.6 Å². The van der Waals surface area contributed by atoms with E-state index in [1.807, 2.05) is 41.2 Å². The van der Waals surface area contributed by atoms with Crippen molar-refractivity contribution in [1.82, 2.24) is 14.2 Å². The Hall–Kier alpha value is -2.12. The molecule has 1 aliphatic heterocycles. The van der Waals surface area contributed by atoms with Crippen molar-refractivity contribution in [3.63, 3.8) is 0 Å². The van der Waals surface area contributed by atoms with E-state index in [1.165, 1.54) is 10.6 Å². The predicted molar refractivity (Wildman–Crippen MR) is 92.7 cm³/mol. The number of sulfonamides is 1. The van der Waals surface area contributed by atoms with E-state index >= 15 is 0 Å². The number of rotatable bonds is 4. The number of aromatic nitrogens is 1. The van der Waals surface area contributed by atoms with Crippen LogP contribution in [-0.2, 0) is 10.0 Å². The number of nitrogens with zero attached hydrogens (tertiary/aromatic N) is 2. The Bertz CT molecular complexity index is 790. The highest BCUT2D eigenvalue weighted by Crippen LogP contribution is 2.15. The van der Waals surface area contributed by atoms with E-state index in [-0.39, 0.29) is 11.9 Å². The van der Waals surface area contributed by atoms with E-state index in [2.05, 4.69) is 5.32 Å². The predicted octanol–water partition coefficient (Wildman–Crippen LogP) is 1.63. The maximum absolute atomic E-state index is 12.3. The Balaban J connectivity index is 1.58. The third kappa shape index (κ3) is 3.85. The molecule has 7 heteroatoms. The zero-order valence-electron chi connectivity index (χ0n) is 13.6. The van der Waals surface area contributed by atoms with Gasteiger partial charge >= 0.3 is 0 Å². The van der Waals surface area contributed by atoms with Crippen LogP contribution in [0.5, 0.6) is 0 Å². The number of amides is 1. The molecule has 0 aliphatic carbocycles. The van der Waals surface area contributed by atoms with Gasteiger partial charge in [0, 0.05) is 42.8 Å². The van der Waals surface area contributed by atoms with E-state index in [0.717, 1.165) is 5.69 Å². The molecule has 24 heavy (non-hydrogen) atoms. The van der Waals surface area contributed by atoms with Crippen LogP contribution in [0.3, 0.4) is 0 Å². The second-order valence-electron chi connectivity index (χ2n) is 6.05. The van der Waals surface area contributed by atoms with Gasteiger partial charge < -0.3 is 9.88 Å². The second kappa shape index (κ2) is 6.78. The number of hydrogen-bond acceptors (Lipinski definition) is 3. The van der Waals surface area contributed by atoms with Crippen molar-refractivity contribution in [2.24, 2.45) is 0 Å². The minimum absolute atomic E-state index is 0.0135. The molecule has 0 spiro atoms. The molecule has 2 aromatic rings. The van der Waals surface area contributed by atoms with Gasteiger partial charge in [-0.3, -0.25) is 4.79 Å². The van der Waals surface area contributed by atoms with E-state index in [1.54, 1.807) is 12.1 Å². The molecule has 1 fully saturated rings. The molecular formula is C17H21N3O3S. The van der Waals surface area contributed by atoms with Crippen LogP contribution in [0.4, 0.5) is 0 Å². The van der Waals surface area contributed by atoms with Crippen molar-refractivity contribution in [3.8, 4) is 5.69 Å². The number of carbonyl (C=O) groups excluding carboxylic acids is 1. The summed E-state index contributed by atoms with van der Waals surface area (Å²) in [4.78, 5) is 12.3. The largest absolute Gasteiger partial charge is 0.349 e. The molecule has 0 radical (unpaired) electrons. The van der Waals surface area contributed by atoms with Gasteiger partial charge in [0.25, 0.3) is 5.91 Å². The fourth-order valence-electron chi connectivity index (χ4n) is 2.89. The molecule has 0 bridgehead atoms. The molecule has 1 aliphatic rings. The van der Waals surface area contributed by atoms with E-state index in [4.69, 9.17) is 0 Å². The zero-order valence-corrected chi connectivity index (χ0v) is 14.4. The Morgan fingerprint density at radius 3 is 2.21 bits per heavy atom. The lowest BCUT2D eigenvalue weighted by Gasteiger charge is -2.30. The van der Waals surface area contributed by atoms with Crippen LogP contribution in [0.1, 0.15) is 23.2 Å². The third-order valence-corrected chi connectivity index (χ3v) is 5.59. The zero-order chi connectivity index (χ0) is 17.2. The Morgan fingerprint density at radius 1 is 1.08 bits per heavy atom. The highest BCUT2D eigenvalue weighted by atomic mass is 32.2. The van der Waals surface area contributed by atoms with Crippen LogP contribution in [0, 0.1) is 0 Å². The van der Waals surface area contributed by atoms with Crippen LogP contribution in [0.15, 0.2) is 48.8 Å². The average Bonchev–Trinajstić information content (AvgIpc) is 3.09. The number of carbonyl (C=O) groups is 1. The van der Waals surface area contributed by atoms with Crippen molar-refractivity contribution >= 4 is 15.9 Å². The normalized spacial score (nSPS) is 16.9. The number of hydrogen-bond donors (Lipinski definition) is 1. The Labute approximate surface area is 142 Å². The summed E-state index contributed by atoms with van der Waals surface area (Å²) in [5.74, 6) is -0.119. The summed E-state index contributed by atoms with van der Waals surface area (Å²) >= 11 is 0. The molecule has 6 nitrogen and oxygen atoms in total. The topological polar surface area (TPSA) is 71.4 Å². The van der Waals surface area contributed by atoms with Gasteiger partial charge in [0.2, 0.25) is 10.0 Å². The summed E-state index contributed by atoms with van der Waals surface area (Å²) in [6.07, 6.45) is 6.40. The molecule has 1 aromatic carbocycles. The maximum Gasteiger partial charge on any atom is 0.251 e. The summed E-state index contributed by atoms with van der Waals surface area (Å²) in [5, 5.41) is 2.99. The van der Waals surface area contributed by atoms with Crippen molar-refractivity contribution < 1.29 is 13.2 Å². The van der Waals surface area contributed by atoms with Crippen molar-refractivity contribution in [3.05, 3.63) is 54.4 Å². The summed E-state index contributed by atoms with van der Waals surface area (Å²) in [6, 6.07) is 11.3. The fourth-order valence-corrected chi connectivity index (χ4v) is 3.77. The van der Waals surface area contributed by atoms with Crippen molar-refractivity contribution in [1.29, 1.82) is 0 Å². The number of nitrogens with one attached hydrogen (secondary N) is 1. The van der Waals surface area contributed by atoms with Gasteiger partial charge in [-0.05, 0) is 49.2 Å². The maximum atomic E-state index is 12.3.